The van der Waals surface area contributed by atoms with Crippen LogP contribution in [0, 0.1) is 17.3 Å². The van der Waals surface area contributed by atoms with Gasteiger partial charge in [0.05, 0.1) is 11.5 Å². The standard InChI is InChI=1S/C25H47NO3/c1-6-7-8-9-20-10-14-22(15-11-20)28-18-21-12-16-23(17-13-21)29-24(27)25(2,3)19-26(4)5/h20-23H,6-19H2,1-5H3. The lowest BCUT2D eigenvalue weighted by atomic mass is 9.84. The highest BCUT2D eigenvalue weighted by molar-refractivity contribution is 5.76. The number of hydrogen-bond donors (Lipinski definition) is 0. The maximum absolute atomic E-state index is 12.5. The van der Waals surface area contributed by atoms with Gasteiger partial charge in [-0.05, 0) is 91.1 Å². The second kappa shape index (κ2) is 12.3. The molecule has 0 radical (unpaired) electrons. The Morgan fingerprint density at radius 3 is 2.07 bits per heavy atom. The molecule has 0 spiro atoms. The summed E-state index contributed by atoms with van der Waals surface area (Å²) in [5.74, 6) is 1.53. The smallest absolute Gasteiger partial charge is 0.313 e. The molecule has 0 aromatic carbocycles. The van der Waals surface area contributed by atoms with Crippen molar-refractivity contribution in [2.24, 2.45) is 17.3 Å². The first-order chi connectivity index (χ1) is 13.8. The molecule has 0 atom stereocenters. The van der Waals surface area contributed by atoms with Crippen LogP contribution in [-0.4, -0.2) is 50.3 Å². The molecule has 2 saturated carbocycles. The summed E-state index contributed by atoms with van der Waals surface area (Å²) in [6.45, 7) is 7.86. The average molecular weight is 410 g/mol. The molecule has 0 unspecified atom stereocenters. The Balaban J connectivity index is 1.59. The SMILES string of the molecule is CCCCCC1CCC(OCC2CCC(OC(=O)C(C)(C)CN(C)C)CC2)CC1. The molecule has 0 N–H and O–H groups in total. The van der Waals surface area contributed by atoms with Crippen LogP contribution in [0.25, 0.3) is 0 Å². The van der Waals surface area contributed by atoms with E-state index in [2.05, 4.69) is 6.92 Å². The number of ether oxygens (including phenoxy) is 2. The van der Waals surface area contributed by atoms with Crippen molar-refractivity contribution in [3.63, 3.8) is 0 Å². The number of hydrogen-bond acceptors (Lipinski definition) is 4. The molecule has 0 aromatic rings. The van der Waals surface area contributed by atoms with E-state index >= 15 is 0 Å². The minimum Gasteiger partial charge on any atom is -0.462 e. The number of nitrogens with zero attached hydrogens (tertiary/aromatic N) is 1. The van der Waals surface area contributed by atoms with Crippen LogP contribution in [0.1, 0.15) is 97.8 Å². The third-order valence-electron chi connectivity index (χ3n) is 6.91. The van der Waals surface area contributed by atoms with Gasteiger partial charge in [0.25, 0.3) is 0 Å². The zero-order valence-corrected chi connectivity index (χ0v) is 19.9. The van der Waals surface area contributed by atoms with Crippen LogP contribution in [-0.2, 0) is 14.3 Å². The summed E-state index contributed by atoms with van der Waals surface area (Å²) in [4.78, 5) is 14.6. The van der Waals surface area contributed by atoms with E-state index in [1.165, 1.54) is 51.4 Å². The van der Waals surface area contributed by atoms with Gasteiger partial charge in [-0.2, -0.15) is 0 Å². The molecule has 4 heteroatoms. The summed E-state index contributed by atoms with van der Waals surface area (Å²) >= 11 is 0. The van der Waals surface area contributed by atoms with Crippen molar-refractivity contribution < 1.29 is 14.3 Å². The van der Waals surface area contributed by atoms with E-state index in [0.717, 1.165) is 44.8 Å². The number of esters is 1. The van der Waals surface area contributed by atoms with E-state index < -0.39 is 5.41 Å². The van der Waals surface area contributed by atoms with Gasteiger partial charge in [-0.3, -0.25) is 4.79 Å². The van der Waals surface area contributed by atoms with Crippen molar-refractivity contribution in [1.29, 1.82) is 0 Å². The van der Waals surface area contributed by atoms with Gasteiger partial charge < -0.3 is 14.4 Å². The predicted molar refractivity (Wildman–Crippen MR) is 120 cm³/mol. The lowest BCUT2D eigenvalue weighted by molar-refractivity contribution is -0.162. The van der Waals surface area contributed by atoms with Gasteiger partial charge in [0.2, 0.25) is 0 Å². The van der Waals surface area contributed by atoms with E-state index in [-0.39, 0.29) is 12.1 Å². The van der Waals surface area contributed by atoms with Crippen molar-refractivity contribution in [2.75, 3.05) is 27.2 Å². The van der Waals surface area contributed by atoms with E-state index in [0.29, 0.717) is 12.0 Å². The Morgan fingerprint density at radius 1 is 0.897 bits per heavy atom. The van der Waals surface area contributed by atoms with Crippen molar-refractivity contribution in [2.45, 2.75) is 110 Å². The number of unbranched alkanes of at least 4 members (excludes halogenated alkanes) is 2. The molecule has 0 amide bonds. The molecule has 170 valence electrons. The van der Waals surface area contributed by atoms with Gasteiger partial charge in [-0.1, -0.05) is 32.6 Å². The molecular formula is C25H47NO3. The van der Waals surface area contributed by atoms with Crippen LogP contribution in [0.15, 0.2) is 0 Å². The monoisotopic (exact) mass is 409 g/mol. The summed E-state index contributed by atoms with van der Waals surface area (Å²) in [6, 6.07) is 0. The Kier molecular flexibility index (Phi) is 10.5. The number of carbonyl (C=O) groups excluding carboxylic acids is 1. The fourth-order valence-electron chi connectivity index (χ4n) is 5.12. The third kappa shape index (κ3) is 8.96. The van der Waals surface area contributed by atoms with Crippen LogP contribution in [0.3, 0.4) is 0 Å². The van der Waals surface area contributed by atoms with Crippen LogP contribution in [0.5, 0.6) is 0 Å². The molecule has 0 bridgehead atoms. The Labute approximate surface area is 180 Å². The van der Waals surface area contributed by atoms with Gasteiger partial charge in [-0.15, -0.1) is 0 Å². The van der Waals surface area contributed by atoms with E-state index in [9.17, 15) is 4.79 Å². The highest BCUT2D eigenvalue weighted by Gasteiger charge is 2.33. The fraction of sp³-hybridized carbons (Fsp3) is 0.960. The first-order valence-electron chi connectivity index (χ1n) is 12.3. The summed E-state index contributed by atoms with van der Waals surface area (Å²) < 4.78 is 12.1. The predicted octanol–water partition coefficient (Wildman–Crippen LogP) is 5.83. The molecule has 2 aliphatic carbocycles. The first kappa shape index (κ1) is 24.7. The van der Waals surface area contributed by atoms with E-state index in [1.54, 1.807) is 0 Å². The topological polar surface area (TPSA) is 38.8 Å². The van der Waals surface area contributed by atoms with Crippen molar-refractivity contribution in [1.82, 2.24) is 4.90 Å². The van der Waals surface area contributed by atoms with Crippen molar-refractivity contribution in [3.8, 4) is 0 Å². The highest BCUT2D eigenvalue weighted by atomic mass is 16.5. The molecular weight excluding hydrogens is 362 g/mol. The van der Waals surface area contributed by atoms with Gasteiger partial charge in [0.1, 0.15) is 6.10 Å². The van der Waals surface area contributed by atoms with E-state index in [4.69, 9.17) is 9.47 Å². The second-order valence-electron chi connectivity index (χ2n) is 10.6. The highest BCUT2D eigenvalue weighted by Crippen LogP contribution is 2.32. The lowest BCUT2D eigenvalue weighted by Crippen LogP contribution is -2.39. The van der Waals surface area contributed by atoms with Crippen LogP contribution in [0.2, 0.25) is 0 Å². The second-order valence-corrected chi connectivity index (χ2v) is 10.6. The third-order valence-corrected chi connectivity index (χ3v) is 6.91. The first-order valence-corrected chi connectivity index (χ1v) is 12.3. The Bertz CT molecular complexity index is 461. The molecule has 2 rings (SSSR count). The molecule has 0 aromatic heterocycles. The molecule has 0 saturated heterocycles. The van der Waals surface area contributed by atoms with Crippen LogP contribution < -0.4 is 0 Å². The number of carbonyl (C=O) groups is 1. The summed E-state index contributed by atoms with van der Waals surface area (Å²) in [6.07, 6.45) is 15.6. The quantitative estimate of drug-likeness (QED) is 0.318. The Morgan fingerprint density at radius 2 is 1.48 bits per heavy atom. The molecule has 0 aliphatic heterocycles. The molecule has 2 aliphatic rings. The van der Waals surface area contributed by atoms with Crippen LogP contribution in [0.4, 0.5) is 0 Å². The zero-order chi connectivity index (χ0) is 21.3. The molecule has 4 nitrogen and oxygen atoms in total. The Hall–Kier alpha value is -0.610. The van der Waals surface area contributed by atoms with Crippen molar-refractivity contribution >= 4 is 5.97 Å². The van der Waals surface area contributed by atoms with E-state index in [1.807, 2.05) is 32.8 Å². The molecule has 2 fully saturated rings. The number of rotatable bonds is 11. The minimum absolute atomic E-state index is 0.0541. The fourth-order valence-corrected chi connectivity index (χ4v) is 5.12. The zero-order valence-electron chi connectivity index (χ0n) is 19.9. The molecule has 0 heterocycles. The van der Waals surface area contributed by atoms with Gasteiger partial charge in [0, 0.05) is 13.2 Å². The summed E-state index contributed by atoms with van der Waals surface area (Å²) in [5.41, 5.74) is -0.446. The van der Waals surface area contributed by atoms with Crippen molar-refractivity contribution in [3.05, 3.63) is 0 Å². The average Bonchev–Trinajstić information content (AvgIpc) is 2.67. The molecule has 29 heavy (non-hydrogen) atoms. The van der Waals surface area contributed by atoms with Crippen LogP contribution >= 0.6 is 0 Å². The largest absolute Gasteiger partial charge is 0.462 e. The summed E-state index contributed by atoms with van der Waals surface area (Å²) in [5, 5.41) is 0. The minimum atomic E-state index is -0.446. The lowest BCUT2D eigenvalue weighted by Gasteiger charge is -2.33. The maximum Gasteiger partial charge on any atom is 0.313 e. The van der Waals surface area contributed by atoms with Gasteiger partial charge in [-0.25, -0.2) is 0 Å². The normalized spacial score (nSPS) is 28.5. The summed E-state index contributed by atoms with van der Waals surface area (Å²) in [7, 11) is 4.00. The maximum atomic E-state index is 12.5. The van der Waals surface area contributed by atoms with Gasteiger partial charge in [0.15, 0.2) is 0 Å². The van der Waals surface area contributed by atoms with Gasteiger partial charge >= 0.3 is 5.97 Å².